The van der Waals surface area contributed by atoms with Gasteiger partial charge in [-0.1, -0.05) is 153 Å². The van der Waals surface area contributed by atoms with Crippen LogP contribution in [0.25, 0.3) is 100 Å². The maximum Gasteiger partial charge on any atom is 0.160 e. The predicted octanol–water partition coefficient (Wildman–Crippen LogP) is 14.7. The summed E-state index contributed by atoms with van der Waals surface area (Å²) >= 11 is 0. The zero-order chi connectivity index (χ0) is 38.8. The summed E-state index contributed by atoms with van der Waals surface area (Å²) in [5.41, 5.74) is 18.6. The molecule has 1 aliphatic carbocycles. The second kappa shape index (κ2) is 13.4. The molecule has 3 heteroatoms. The van der Waals surface area contributed by atoms with Gasteiger partial charge in [0.15, 0.2) is 5.82 Å². The van der Waals surface area contributed by atoms with Gasteiger partial charge < -0.3 is 4.42 Å². The van der Waals surface area contributed by atoms with E-state index in [9.17, 15) is 0 Å². The summed E-state index contributed by atoms with van der Waals surface area (Å²) in [5.74, 6) is 0.685. The van der Waals surface area contributed by atoms with Gasteiger partial charge in [-0.3, -0.25) is 0 Å². The number of rotatable bonds is 6. The largest absolute Gasteiger partial charge is 0.456 e. The summed E-state index contributed by atoms with van der Waals surface area (Å²) in [6, 6.07) is 69.0. The Morgan fingerprint density at radius 2 is 0.897 bits per heavy atom. The Morgan fingerprint density at radius 1 is 0.345 bits per heavy atom. The molecule has 10 aromatic rings. The van der Waals surface area contributed by atoms with Gasteiger partial charge in [0.2, 0.25) is 0 Å². The molecule has 2 heterocycles. The van der Waals surface area contributed by atoms with E-state index in [2.05, 4.69) is 178 Å². The van der Waals surface area contributed by atoms with Gasteiger partial charge in [0.05, 0.1) is 11.4 Å². The zero-order valence-electron chi connectivity index (χ0n) is 32.3. The van der Waals surface area contributed by atoms with Gasteiger partial charge in [-0.15, -0.1) is 0 Å². The van der Waals surface area contributed by atoms with Gasteiger partial charge in [-0.2, -0.15) is 0 Å². The van der Waals surface area contributed by atoms with Crippen LogP contribution < -0.4 is 0 Å². The van der Waals surface area contributed by atoms with Crippen LogP contribution in [0.5, 0.6) is 0 Å². The summed E-state index contributed by atoms with van der Waals surface area (Å²) in [6.07, 6.45) is 0. The Balaban J connectivity index is 1.06. The molecule has 0 bridgehead atoms. The predicted molar refractivity (Wildman–Crippen MR) is 239 cm³/mol. The van der Waals surface area contributed by atoms with Crippen molar-refractivity contribution in [3.63, 3.8) is 0 Å². The second-order valence-corrected chi connectivity index (χ2v) is 15.8. The molecule has 3 nitrogen and oxygen atoms in total. The number of hydrogen-bond donors (Lipinski definition) is 0. The van der Waals surface area contributed by atoms with Crippen LogP contribution in [0, 0.1) is 0 Å². The maximum absolute atomic E-state index is 6.34. The zero-order valence-corrected chi connectivity index (χ0v) is 32.3. The van der Waals surface area contributed by atoms with Crippen LogP contribution in [-0.2, 0) is 5.41 Å². The van der Waals surface area contributed by atoms with E-state index in [-0.39, 0.29) is 5.41 Å². The number of benzene rings is 8. The summed E-state index contributed by atoms with van der Waals surface area (Å²) in [6.45, 7) is 4.65. The highest BCUT2D eigenvalue weighted by atomic mass is 16.3. The minimum absolute atomic E-state index is 0.0324. The van der Waals surface area contributed by atoms with Crippen LogP contribution in [0.1, 0.15) is 25.0 Å². The molecule has 2 aromatic heterocycles. The second-order valence-electron chi connectivity index (χ2n) is 15.8. The Labute approximate surface area is 338 Å². The van der Waals surface area contributed by atoms with E-state index in [1.165, 1.54) is 27.8 Å². The molecule has 11 rings (SSSR count). The molecule has 0 spiro atoms. The lowest BCUT2D eigenvalue weighted by Gasteiger charge is -2.21. The van der Waals surface area contributed by atoms with Gasteiger partial charge in [0.1, 0.15) is 11.2 Å². The molecule has 274 valence electrons. The quantitative estimate of drug-likeness (QED) is 0.170. The average Bonchev–Trinajstić information content (AvgIpc) is 3.77. The van der Waals surface area contributed by atoms with Crippen molar-refractivity contribution in [3.8, 4) is 78.4 Å². The maximum atomic E-state index is 6.34. The van der Waals surface area contributed by atoms with Crippen molar-refractivity contribution < 1.29 is 4.42 Å². The Kier molecular flexibility index (Phi) is 7.84. The molecule has 0 unspecified atom stereocenters. The van der Waals surface area contributed by atoms with Gasteiger partial charge in [-0.25, -0.2) is 9.97 Å². The minimum atomic E-state index is -0.0324. The summed E-state index contributed by atoms with van der Waals surface area (Å²) in [4.78, 5) is 10.5. The number of hydrogen-bond acceptors (Lipinski definition) is 3. The van der Waals surface area contributed by atoms with Crippen molar-refractivity contribution in [2.24, 2.45) is 0 Å². The highest BCUT2D eigenvalue weighted by Gasteiger charge is 2.35. The molecule has 0 aliphatic heterocycles. The fourth-order valence-electron chi connectivity index (χ4n) is 8.86. The van der Waals surface area contributed by atoms with E-state index >= 15 is 0 Å². The van der Waals surface area contributed by atoms with Crippen LogP contribution >= 0.6 is 0 Å². The highest BCUT2D eigenvalue weighted by Crippen LogP contribution is 2.49. The van der Waals surface area contributed by atoms with Gasteiger partial charge >= 0.3 is 0 Å². The smallest absolute Gasteiger partial charge is 0.160 e. The lowest BCUT2D eigenvalue weighted by Crippen LogP contribution is -2.14. The molecule has 1 aliphatic rings. The number of nitrogens with zero attached hydrogens (tertiary/aromatic N) is 2. The average molecular weight is 743 g/mol. The van der Waals surface area contributed by atoms with Crippen molar-refractivity contribution in [1.29, 1.82) is 0 Å². The van der Waals surface area contributed by atoms with Crippen LogP contribution in [0.2, 0.25) is 0 Å². The molecule has 58 heavy (non-hydrogen) atoms. The monoisotopic (exact) mass is 742 g/mol. The number of furan rings is 1. The van der Waals surface area contributed by atoms with Crippen molar-refractivity contribution in [1.82, 2.24) is 9.97 Å². The summed E-state index contributed by atoms with van der Waals surface area (Å²) < 4.78 is 6.34. The highest BCUT2D eigenvalue weighted by molar-refractivity contribution is 6.06. The molecule has 0 saturated carbocycles. The standard InChI is InChI=1S/C55H38N2O/c1-55(2)48-22-11-9-20-44(48)47-32-38(25-27-49(47)55)37-18-13-19-40(28-37)50-34-51(57-54(56-50)36-16-7-4-8-17-36)43-30-41(35-14-5-3-6-15-35)29-42(31-43)39-24-26-46-45-21-10-12-23-52(45)58-53(46)33-39/h3-34H,1-2H3. The van der Waals surface area contributed by atoms with Crippen LogP contribution in [0.15, 0.2) is 199 Å². The first-order valence-corrected chi connectivity index (χ1v) is 19.9. The van der Waals surface area contributed by atoms with Crippen molar-refractivity contribution >= 4 is 21.9 Å². The molecule has 0 fully saturated rings. The molecule has 0 atom stereocenters. The van der Waals surface area contributed by atoms with E-state index in [1.807, 2.05) is 30.3 Å². The lowest BCUT2D eigenvalue weighted by molar-refractivity contribution is 0.660. The molecule has 0 saturated heterocycles. The third-order valence-electron chi connectivity index (χ3n) is 11.9. The normalized spacial score (nSPS) is 12.8. The fraction of sp³-hybridized carbons (Fsp3) is 0.0545. The van der Waals surface area contributed by atoms with Crippen LogP contribution in [0.4, 0.5) is 0 Å². The van der Waals surface area contributed by atoms with Crippen molar-refractivity contribution in [2.75, 3.05) is 0 Å². The molecule has 8 aromatic carbocycles. The fourth-order valence-corrected chi connectivity index (χ4v) is 8.86. The Morgan fingerprint density at radius 3 is 1.72 bits per heavy atom. The van der Waals surface area contributed by atoms with E-state index in [4.69, 9.17) is 14.4 Å². The van der Waals surface area contributed by atoms with Crippen LogP contribution in [-0.4, -0.2) is 9.97 Å². The first-order chi connectivity index (χ1) is 28.5. The SMILES string of the molecule is CC1(C)c2ccccc2-c2cc(-c3cccc(-c4cc(-c5cc(-c6ccccc6)cc(-c6ccc7c(c6)oc6ccccc67)c5)nc(-c5ccccc5)n4)c3)ccc21. The summed E-state index contributed by atoms with van der Waals surface area (Å²) in [7, 11) is 0. The van der Waals surface area contributed by atoms with Crippen molar-refractivity contribution in [2.45, 2.75) is 19.3 Å². The molecular formula is C55H38N2O. The molecule has 0 amide bonds. The van der Waals surface area contributed by atoms with E-state index in [0.717, 1.165) is 77.8 Å². The Hall–Kier alpha value is -7.36. The van der Waals surface area contributed by atoms with Gasteiger partial charge in [0, 0.05) is 32.9 Å². The van der Waals surface area contributed by atoms with Gasteiger partial charge in [0.25, 0.3) is 0 Å². The minimum Gasteiger partial charge on any atom is -0.456 e. The topological polar surface area (TPSA) is 38.9 Å². The first kappa shape index (κ1) is 33.9. The molecule has 0 radical (unpaired) electrons. The third kappa shape index (κ3) is 5.74. The van der Waals surface area contributed by atoms with Crippen molar-refractivity contribution in [3.05, 3.63) is 205 Å². The van der Waals surface area contributed by atoms with E-state index in [1.54, 1.807) is 0 Å². The Bertz CT molecular complexity index is 3190. The third-order valence-corrected chi connectivity index (χ3v) is 11.9. The van der Waals surface area contributed by atoms with Crippen LogP contribution in [0.3, 0.4) is 0 Å². The number of para-hydroxylation sites is 1. The molecule has 0 N–H and O–H groups in total. The molecular weight excluding hydrogens is 705 g/mol. The van der Waals surface area contributed by atoms with Gasteiger partial charge in [-0.05, 0) is 110 Å². The lowest BCUT2D eigenvalue weighted by atomic mass is 9.82. The van der Waals surface area contributed by atoms with E-state index < -0.39 is 0 Å². The number of fused-ring (bicyclic) bond motifs is 6. The van der Waals surface area contributed by atoms with E-state index in [0.29, 0.717) is 5.82 Å². The summed E-state index contributed by atoms with van der Waals surface area (Å²) in [5, 5.41) is 2.24. The first-order valence-electron chi connectivity index (χ1n) is 19.9. The number of aromatic nitrogens is 2.